The van der Waals surface area contributed by atoms with Gasteiger partial charge in [0.2, 0.25) is 0 Å². The smallest absolute Gasteiger partial charge is 0.198 e. The first-order chi connectivity index (χ1) is 16.9. The van der Waals surface area contributed by atoms with Crippen molar-refractivity contribution in [3.05, 3.63) is 57.6 Å². The van der Waals surface area contributed by atoms with E-state index in [0.29, 0.717) is 0 Å². The first-order valence-electron chi connectivity index (χ1n) is 12.2. The molecule has 3 aliphatic rings. The van der Waals surface area contributed by atoms with Crippen LogP contribution in [0, 0.1) is 5.92 Å². The van der Waals surface area contributed by atoms with Crippen LogP contribution in [0.2, 0.25) is 0 Å². The number of aliphatic hydroxyl groups excluding tert-OH is 1. The lowest BCUT2D eigenvalue weighted by atomic mass is 9.70. The first kappa shape index (κ1) is 24.9. The minimum absolute atomic E-state index is 0.0458. The van der Waals surface area contributed by atoms with Crippen molar-refractivity contribution < 1.29 is 39.5 Å². The van der Waals surface area contributed by atoms with Gasteiger partial charge in [-0.05, 0) is 12.8 Å². The van der Waals surface area contributed by atoms with Crippen molar-refractivity contribution >= 4 is 11.6 Å². The number of rotatable bonds is 3. The lowest BCUT2D eigenvalue weighted by Crippen LogP contribution is -2.52. The number of benzene rings is 2. The number of aliphatic hydroxyl groups is 2. The third-order valence-electron chi connectivity index (χ3n) is 7.95. The molecule has 0 unspecified atom stereocenters. The van der Waals surface area contributed by atoms with E-state index < -0.39 is 59.3 Å². The molecule has 0 amide bonds. The summed E-state index contributed by atoms with van der Waals surface area (Å²) in [6.07, 6.45) is -3.14. The third-order valence-corrected chi connectivity index (χ3v) is 7.95. The third kappa shape index (κ3) is 3.65. The molecule has 0 spiro atoms. The zero-order valence-electron chi connectivity index (χ0n) is 20.4. The van der Waals surface area contributed by atoms with Gasteiger partial charge in [-0.25, -0.2) is 0 Å². The van der Waals surface area contributed by atoms with Crippen LogP contribution in [0.15, 0.2) is 24.3 Å². The van der Waals surface area contributed by atoms with Gasteiger partial charge in [0.15, 0.2) is 17.9 Å². The van der Waals surface area contributed by atoms with Crippen molar-refractivity contribution in [2.75, 3.05) is 0 Å². The van der Waals surface area contributed by atoms with Crippen LogP contribution in [0.3, 0.4) is 0 Å². The van der Waals surface area contributed by atoms with Crippen molar-refractivity contribution in [3.8, 4) is 11.5 Å². The Balaban J connectivity index is 1.66. The second kappa shape index (κ2) is 8.64. The van der Waals surface area contributed by atoms with Gasteiger partial charge in [-0.3, -0.25) is 9.59 Å². The van der Waals surface area contributed by atoms with Gasteiger partial charge >= 0.3 is 0 Å². The number of ketones is 2. The van der Waals surface area contributed by atoms with Crippen molar-refractivity contribution in [3.63, 3.8) is 0 Å². The number of hydrogen-bond acceptors (Lipinski definition) is 9. The summed E-state index contributed by atoms with van der Waals surface area (Å²) in [6, 6.07) is 5.65. The second-order valence-corrected chi connectivity index (χ2v) is 10.5. The highest BCUT2D eigenvalue weighted by Crippen LogP contribution is 2.53. The fourth-order valence-corrected chi connectivity index (χ4v) is 5.62. The van der Waals surface area contributed by atoms with Gasteiger partial charge in [-0.2, -0.15) is 0 Å². The first-order valence-corrected chi connectivity index (χ1v) is 12.2. The van der Waals surface area contributed by atoms with Crippen LogP contribution in [0.5, 0.6) is 11.5 Å². The molecule has 0 aromatic heterocycles. The Bertz CT molecular complexity index is 1240. The average Bonchev–Trinajstić information content (AvgIpc) is 2.82. The van der Waals surface area contributed by atoms with Gasteiger partial charge < -0.3 is 35.6 Å². The van der Waals surface area contributed by atoms with Gasteiger partial charge in [-0.15, -0.1) is 0 Å². The van der Waals surface area contributed by atoms with Crippen LogP contribution in [0.4, 0.5) is 0 Å². The molecule has 192 valence electrons. The summed E-state index contributed by atoms with van der Waals surface area (Å²) >= 11 is 0. The van der Waals surface area contributed by atoms with Gasteiger partial charge in [0.1, 0.15) is 11.5 Å². The normalized spacial score (nSPS) is 31.7. The molecular weight excluding hydrogens is 466 g/mol. The van der Waals surface area contributed by atoms with E-state index in [-0.39, 0.29) is 58.6 Å². The molecule has 6 atom stereocenters. The molecule has 0 saturated carbocycles. The van der Waals surface area contributed by atoms with Crippen LogP contribution in [0.1, 0.15) is 82.7 Å². The molecule has 0 radical (unpaired) electrons. The van der Waals surface area contributed by atoms with Crippen LogP contribution >= 0.6 is 0 Å². The molecule has 1 heterocycles. The molecule has 5 rings (SSSR count). The number of phenolic OH excluding ortho intramolecular Hbond substituents is 2. The molecule has 0 bridgehead atoms. The van der Waals surface area contributed by atoms with E-state index in [9.17, 15) is 30.0 Å². The Morgan fingerprint density at radius 3 is 2.22 bits per heavy atom. The van der Waals surface area contributed by atoms with E-state index in [2.05, 4.69) is 0 Å². The quantitative estimate of drug-likeness (QED) is 0.341. The van der Waals surface area contributed by atoms with E-state index in [4.69, 9.17) is 15.2 Å². The second-order valence-electron chi connectivity index (χ2n) is 10.5. The standard InChI is InChI=1S/C27H31NO8/c1-11(2)27(34)9-15-19(17(10-27)36-18-8-16(28)22(29)12(3)35-18)26(33)21-20(25(15)32)23(30)13-6-4-5-7-14(13)24(21)31/h4-7,11-12,16-18,22,29,32-34H,8-10,28H2,1-3H3/t12-,16-,17-,18-,22+,27-/m0/s1. The number of fused-ring (bicyclic) bond motifs is 3. The van der Waals surface area contributed by atoms with E-state index in [0.717, 1.165) is 0 Å². The molecule has 1 aliphatic heterocycles. The summed E-state index contributed by atoms with van der Waals surface area (Å²) in [5, 5.41) is 44.4. The monoisotopic (exact) mass is 497 g/mol. The topological polar surface area (TPSA) is 160 Å². The predicted octanol–water partition coefficient (Wildman–Crippen LogP) is 2.09. The number of aromatic hydroxyl groups is 2. The van der Waals surface area contributed by atoms with E-state index >= 15 is 0 Å². The largest absolute Gasteiger partial charge is 0.507 e. The maximum absolute atomic E-state index is 13.4. The Hall–Kier alpha value is -2.82. The molecule has 2 aromatic rings. The molecule has 6 N–H and O–H groups in total. The number of carbonyl (C=O) groups is 2. The van der Waals surface area contributed by atoms with E-state index in [1.807, 2.05) is 13.8 Å². The molecule has 2 aliphatic carbocycles. The number of ether oxygens (including phenoxy) is 2. The average molecular weight is 498 g/mol. The van der Waals surface area contributed by atoms with Crippen LogP contribution in [-0.2, 0) is 15.9 Å². The number of nitrogens with two attached hydrogens (primary N) is 1. The van der Waals surface area contributed by atoms with Gasteiger partial charge in [0, 0.05) is 47.6 Å². The highest BCUT2D eigenvalue weighted by molar-refractivity contribution is 6.30. The molecule has 1 saturated heterocycles. The summed E-state index contributed by atoms with van der Waals surface area (Å²) < 4.78 is 12.0. The fourth-order valence-electron chi connectivity index (χ4n) is 5.62. The molecule has 1 fully saturated rings. The highest BCUT2D eigenvalue weighted by Gasteiger charge is 2.48. The predicted molar refractivity (Wildman–Crippen MR) is 128 cm³/mol. The van der Waals surface area contributed by atoms with Crippen molar-refractivity contribution in [1.29, 1.82) is 0 Å². The summed E-state index contributed by atoms with van der Waals surface area (Å²) in [4.78, 5) is 26.7. The molecule has 9 nitrogen and oxygen atoms in total. The van der Waals surface area contributed by atoms with Gasteiger partial charge in [-0.1, -0.05) is 38.1 Å². The molecule has 9 heteroatoms. The van der Waals surface area contributed by atoms with Crippen molar-refractivity contribution in [1.82, 2.24) is 0 Å². The number of carbonyl (C=O) groups excluding carboxylic acids is 2. The van der Waals surface area contributed by atoms with Crippen molar-refractivity contribution in [2.45, 2.75) is 76.3 Å². The van der Waals surface area contributed by atoms with Gasteiger partial charge in [0.25, 0.3) is 0 Å². The van der Waals surface area contributed by atoms with Crippen LogP contribution in [0.25, 0.3) is 0 Å². The summed E-state index contributed by atoms with van der Waals surface area (Å²) in [5.74, 6) is -2.30. The van der Waals surface area contributed by atoms with Crippen LogP contribution in [-0.4, -0.2) is 62.1 Å². The lowest BCUT2D eigenvalue weighted by molar-refractivity contribution is -0.249. The lowest BCUT2D eigenvalue weighted by Gasteiger charge is -2.44. The SMILES string of the molecule is CC(C)[C@]1(O)Cc2c(O)c3c(c(O)c2[C@@H](O[C@H]2C[C@H](N)[C@H](O)[C@H](C)O2)C1)C(=O)c1ccccc1C3=O. The zero-order chi connectivity index (χ0) is 26.1. The Morgan fingerprint density at radius 1 is 1.08 bits per heavy atom. The number of phenols is 2. The Kier molecular flexibility index (Phi) is 5.96. The maximum atomic E-state index is 13.4. The molecule has 2 aromatic carbocycles. The van der Waals surface area contributed by atoms with Crippen LogP contribution < -0.4 is 5.73 Å². The Labute approximate surface area is 208 Å². The number of hydrogen-bond donors (Lipinski definition) is 5. The summed E-state index contributed by atoms with van der Waals surface area (Å²) in [6.45, 7) is 5.32. The summed E-state index contributed by atoms with van der Waals surface area (Å²) in [7, 11) is 0. The summed E-state index contributed by atoms with van der Waals surface area (Å²) in [5.41, 5.74) is 4.76. The maximum Gasteiger partial charge on any atom is 0.198 e. The molecular formula is C27H31NO8. The minimum atomic E-state index is -1.34. The van der Waals surface area contributed by atoms with Gasteiger partial charge in [0.05, 0.1) is 35.0 Å². The zero-order valence-corrected chi connectivity index (χ0v) is 20.4. The van der Waals surface area contributed by atoms with Crippen molar-refractivity contribution in [2.24, 2.45) is 11.7 Å². The highest BCUT2D eigenvalue weighted by atomic mass is 16.7. The van der Waals surface area contributed by atoms with E-state index in [1.165, 1.54) is 12.1 Å². The Morgan fingerprint density at radius 2 is 1.67 bits per heavy atom. The fraction of sp³-hybridized carbons (Fsp3) is 0.481. The minimum Gasteiger partial charge on any atom is -0.507 e. The molecule has 36 heavy (non-hydrogen) atoms. The van der Waals surface area contributed by atoms with E-state index in [1.54, 1.807) is 19.1 Å².